The molecule has 4 nitrogen and oxygen atoms in total. The number of aliphatic carboxylic acids is 1. The molecule has 1 aliphatic heterocycles. The number of hydrogen-bond donors (Lipinski definition) is 3. The maximum atomic E-state index is 12.4. The van der Waals surface area contributed by atoms with Gasteiger partial charge < -0.3 is 10.4 Å². The molecule has 1 aromatic carbocycles. The molecule has 2 N–H and O–H groups in total. The smallest absolute Gasteiger partial charge is 0.326 e. The molecule has 1 heterocycles. The van der Waals surface area contributed by atoms with E-state index < -0.39 is 12.0 Å². The van der Waals surface area contributed by atoms with E-state index >= 15 is 0 Å². The Labute approximate surface area is 169 Å². The first-order valence-corrected chi connectivity index (χ1v) is 8.95. The largest absolute Gasteiger partial charge is 0.480 e. The van der Waals surface area contributed by atoms with Crippen LogP contribution in [0.15, 0.2) is 24.3 Å². The SMILES string of the molecule is O=C1NC(C(=O)O)CCCCCCc2cccc(c2)CC1CS.S.S. The van der Waals surface area contributed by atoms with Gasteiger partial charge >= 0.3 is 5.97 Å². The third kappa shape index (κ3) is 7.96. The molecule has 0 saturated carbocycles. The summed E-state index contributed by atoms with van der Waals surface area (Å²) in [7, 11) is 0. The van der Waals surface area contributed by atoms with Crippen LogP contribution in [0.5, 0.6) is 0 Å². The van der Waals surface area contributed by atoms with Crippen molar-refractivity contribution in [1.82, 2.24) is 5.32 Å². The van der Waals surface area contributed by atoms with Crippen LogP contribution in [0.2, 0.25) is 0 Å². The maximum absolute atomic E-state index is 12.4. The molecule has 2 unspecified atom stereocenters. The minimum absolute atomic E-state index is 0. The highest BCUT2D eigenvalue weighted by molar-refractivity contribution is 7.80. The second-order valence-corrected chi connectivity index (χ2v) is 6.62. The van der Waals surface area contributed by atoms with Crippen LogP contribution in [-0.4, -0.2) is 28.8 Å². The predicted molar refractivity (Wildman–Crippen MR) is 115 cm³/mol. The summed E-state index contributed by atoms with van der Waals surface area (Å²) in [5, 5.41) is 12.0. The van der Waals surface area contributed by atoms with Crippen LogP contribution in [0.4, 0.5) is 0 Å². The maximum Gasteiger partial charge on any atom is 0.326 e. The lowest BCUT2D eigenvalue weighted by Crippen LogP contribution is -2.44. The summed E-state index contributed by atoms with van der Waals surface area (Å²) in [5.74, 6) is -1.07. The van der Waals surface area contributed by atoms with Crippen molar-refractivity contribution in [1.29, 1.82) is 0 Å². The first-order valence-electron chi connectivity index (χ1n) is 8.32. The van der Waals surface area contributed by atoms with Gasteiger partial charge in [-0.15, -0.1) is 0 Å². The molecule has 1 aliphatic rings. The van der Waals surface area contributed by atoms with E-state index in [-0.39, 0.29) is 38.8 Å². The van der Waals surface area contributed by atoms with Gasteiger partial charge in [-0.25, -0.2) is 4.79 Å². The van der Waals surface area contributed by atoms with E-state index in [0.717, 1.165) is 37.7 Å². The quantitative estimate of drug-likeness (QED) is 0.665. The summed E-state index contributed by atoms with van der Waals surface area (Å²) in [5.41, 5.74) is 2.42. The van der Waals surface area contributed by atoms with Gasteiger partial charge in [0.25, 0.3) is 0 Å². The Morgan fingerprint density at radius 2 is 1.84 bits per heavy atom. The lowest BCUT2D eigenvalue weighted by molar-refractivity contribution is -0.142. The van der Waals surface area contributed by atoms with Crippen LogP contribution >= 0.6 is 39.6 Å². The number of aryl methyl sites for hydroxylation is 1. The van der Waals surface area contributed by atoms with Gasteiger partial charge in [0.15, 0.2) is 0 Å². The number of benzene rings is 1. The first kappa shape index (κ1) is 24.2. The number of carboxylic acids is 1. The fraction of sp³-hybridized carbons (Fsp3) is 0.556. The minimum atomic E-state index is -0.953. The van der Waals surface area contributed by atoms with Crippen molar-refractivity contribution in [3.8, 4) is 0 Å². The fourth-order valence-corrected chi connectivity index (χ4v) is 3.31. The molecule has 2 bridgehead atoms. The summed E-state index contributed by atoms with van der Waals surface area (Å²) in [4.78, 5) is 23.7. The molecule has 0 spiro atoms. The molecule has 7 heteroatoms. The molecule has 2 atom stereocenters. The van der Waals surface area contributed by atoms with Crippen molar-refractivity contribution in [3.05, 3.63) is 35.4 Å². The lowest BCUT2D eigenvalue weighted by Gasteiger charge is -2.20. The average molecular weight is 404 g/mol. The number of rotatable bonds is 2. The van der Waals surface area contributed by atoms with E-state index in [1.807, 2.05) is 12.1 Å². The Morgan fingerprint density at radius 3 is 2.52 bits per heavy atom. The van der Waals surface area contributed by atoms with Crippen molar-refractivity contribution in [2.24, 2.45) is 5.92 Å². The highest BCUT2D eigenvalue weighted by Crippen LogP contribution is 2.17. The van der Waals surface area contributed by atoms with Crippen LogP contribution in [0.3, 0.4) is 0 Å². The summed E-state index contributed by atoms with van der Waals surface area (Å²) in [6, 6.07) is 7.55. The normalized spacial score (nSPS) is 21.7. The van der Waals surface area contributed by atoms with Gasteiger partial charge in [-0.2, -0.15) is 39.6 Å². The third-order valence-electron chi connectivity index (χ3n) is 4.39. The van der Waals surface area contributed by atoms with E-state index in [0.29, 0.717) is 18.6 Å². The number of fused-ring (bicyclic) bond motifs is 2. The number of carbonyl (C=O) groups is 2. The molecule has 1 aromatic rings. The summed E-state index contributed by atoms with van der Waals surface area (Å²) in [6.45, 7) is 0. The molecule has 0 aromatic heterocycles. The van der Waals surface area contributed by atoms with Crippen LogP contribution in [0.25, 0.3) is 0 Å². The Balaban J connectivity index is 0.00000288. The summed E-state index contributed by atoms with van der Waals surface area (Å²) >= 11 is 4.28. The number of amides is 1. The van der Waals surface area contributed by atoms with Crippen molar-refractivity contribution in [3.63, 3.8) is 0 Å². The van der Waals surface area contributed by atoms with Crippen LogP contribution in [0.1, 0.15) is 43.2 Å². The van der Waals surface area contributed by atoms with Crippen LogP contribution in [0, 0.1) is 5.92 Å². The second-order valence-electron chi connectivity index (χ2n) is 6.26. The molecule has 2 rings (SSSR count). The second kappa shape index (κ2) is 12.5. The number of carboxylic acid groups (broad SMARTS) is 1. The Hall–Kier alpha value is -0.790. The topological polar surface area (TPSA) is 66.4 Å². The van der Waals surface area contributed by atoms with Gasteiger partial charge in [0.2, 0.25) is 5.91 Å². The predicted octanol–water partition coefficient (Wildman–Crippen LogP) is 3.08. The average Bonchev–Trinajstić information content (AvgIpc) is 2.54. The zero-order valence-electron chi connectivity index (χ0n) is 14.3. The Morgan fingerprint density at radius 1 is 1.16 bits per heavy atom. The molecule has 0 saturated heterocycles. The van der Waals surface area contributed by atoms with Crippen molar-refractivity contribution in [2.45, 2.75) is 51.0 Å². The number of carbonyl (C=O) groups excluding carboxylic acids is 1. The Bertz CT molecular complexity index is 554. The molecule has 25 heavy (non-hydrogen) atoms. The van der Waals surface area contributed by atoms with E-state index in [2.05, 4.69) is 30.1 Å². The Kier molecular flexibility index (Phi) is 12.1. The highest BCUT2D eigenvalue weighted by Gasteiger charge is 2.24. The van der Waals surface area contributed by atoms with E-state index in [1.165, 1.54) is 5.56 Å². The molecule has 0 fully saturated rings. The lowest BCUT2D eigenvalue weighted by atomic mass is 9.95. The first-order chi connectivity index (χ1) is 11.1. The number of hydrogen-bond acceptors (Lipinski definition) is 3. The van der Waals surface area contributed by atoms with Gasteiger partial charge in [-0.3, -0.25) is 4.79 Å². The summed E-state index contributed by atoms with van der Waals surface area (Å²) in [6.07, 6.45) is 6.14. The fourth-order valence-electron chi connectivity index (χ4n) is 3.01. The molecule has 1 amide bonds. The van der Waals surface area contributed by atoms with E-state index in [1.54, 1.807) is 0 Å². The molecular formula is C18H29NO3S3. The zero-order chi connectivity index (χ0) is 16.7. The van der Waals surface area contributed by atoms with Gasteiger partial charge in [0, 0.05) is 5.75 Å². The van der Waals surface area contributed by atoms with Gasteiger partial charge in [-0.1, -0.05) is 43.5 Å². The highest BCUT2D eigenvalue weighted by atomic mass is 32.1. The van der Waals surface area contributed by atoms with Crippen molar-refractivity contribution in [2.75, 3.05) is 5.75 Å². The van der Waals surface area contributed by atoms with Crippen molar-refractivity contribution < 1.29 is 14.7 Å². The molecular weight excluding hydrogens is 374 g/mol. The minimum Gasteiger partial charge on any atom is -0.480 e. The van der Waals surface area contributed by atoms with Crippen LogP contribution in [-0.2, 0) is 22.4 Å². The van der Waals surface area contributed by atoms with E-state index in [9.17, 15) is 14.7 Å². The standard InChI is InChI=1S/C18H25NO3S.2H2S/c20-17-15(12-23)11-14-8-5-7-13(10-14)6-3-1-2-4-9-16(19-17)18(21)22;;/h5,7-8,10,15-16,23H,1-4,6,9,11-12H2,(H,19,20)(H,21,22);2*1H2. The van der Waals surface area contributed by atoms with Gasteiger partial charge in [0.05, 0.1) is 5.92 Å². The zero-order valence-corrected chi connectivity index (χ0v) is 17.2. The van der Waals surface area contributed by atoms with Crippen molar-refractivity contribution >= 4 is 51.5 Å². The number of nitrogens with one attached hydrogen (secondary N) is 1. The molecule has 142 valence electrons. The van der Waals surface area contributed by atoms with Crippen LogP contribution < -0.4 is 5.32 Å². The van der Waals surface area contributed by atoms with E-state index in [4.69, 9.17) is 0 Å². The molecule has 0 aliphatic carbocycles. The van der Waals surface area contributed by atoms with Gasteiger partial charge in [-0.05, 0) is 36.8 Å². The molecule has 0 radical (unpaired) electrons. The number of thiol groups is 1. The monoisotopic (exact) mass is 403 g/mol. The third-order valence-corrected chi connectivity index (χ3v) is 4.83. The summed E-state index contributed by atoms with van der Waals surface area (Å²) < 4.78 is 0. The van der Waals surface area contributed by atoms with Gasteiger partial charge in [0.1, 0.15) is 6.04 Å².